The minimum atomic E-state index is -1.59. The van der Waals surface area contributed by atoms with Crippen molar-refractivity contribution < 1.29 is 34.4 Å². The normalized spacial score (nSPS) is 14.0. The molecular formula is C32H32IrNO3Si-. The third-order valence-electron chi connectivity index (χ3n) is 7.14. The van der Waals surface area contributed by atoms with Gasteiger partial charge in [-0.1, -0.05) is 80.7 Å². The second-order valence-electron chi connectivity index (χ2n) is 11.4. The van der Waals surface area contributed by atoms with Crippen molar-refractivity contribution in [1.82, 2.24) is 4.98 Å². The van der Waals surface area contributed by atoms with Crippen LogP contribution in [0.2, 0.25) is 19.6 Å². The van der Waals surface area contributed by atoms with Crippen LogP contribution >= 0.6 is 0 Å². The van der Waals surface area contributed by atoms with E-state index >= 15 is 0 Å². The number of benzene rings is 3. The number of ketones is 1. The molecular weight excluding hydrogens is 667 g/mol. The van der Waals surface area contributed by atoms with Crippen molar-refractivity contribution in [2.24, 2.45) is 0 Å². The molecule has 5 aromatic rings. The third kappa shape index (κ3) is 4.55. The monoisotopic (exact) mass is 699 g/mol. The SMILES string of the molecule is CC(=O)/C=C(/C)O.CC1(C)c2c([c-]cc3ccccc23)-c2nccc3oc4c([Si](C)(C)C)ccc1c4c23.[Ir]. The van der Waals surface area contributed by atoms with Crippen molar-refractivity contribution >= 4 is 51.8 Å². The van der Waals surface area contributed by atoms with Gasteiger partial charge in [0.1, 0.15) is 11.2 Å². The number of hydrogen-bond donors (Lipinski definition) is 1. The topological polar surface area (TPSA) is 63.3 Å². The number of rotatable bonds is 2. The van der Waals surface area contributed by atoms with Crippen LogP contribution in [0.15, 0.2) is 71.0 Å². The first-order valence-electron chi connectivity index (χ1n) is 12.6. The van der Waals surface area contributed by atoms with Gasteiger partial charge >= 0.3 is 0 Å². The van der Waals surface area contributed by atoms with E-state index in [9.17, 15) is 4.79 Å². The largest absolute Gasteiger partial charge is 0.512 e. The fourth-order valence-electron chi connectivity index (χ4n) is 5.59. The Balaban J connectivity index is 0.000000375. The molecule has 4 nitrogen and oxygen atoms in total. The summed E-state index contributed by atoms with van der Waals surface area (Å²) in [5.41, 5.74) is 6.48. The minimum absolute atomic E-state index is 0. The van der Waals surface area contributed by atoms with Crippen LogP contribution in [-0.4, -0.2) is 23.9 Å². The number of carbonyl (C=O) groups is 1. The molecule has 1 aliphatic carbocycles. The van der Waals surface area contributed by atoms with Crippen LogP contribution in [-0.2, 0) is 30.3 Å². The number of nitrogens with zero attached hydrogens (tertiary/aromatic N) is 1. The van der Waals surface area contributed by atoms with Crippen molar-refractivity contribution in [1.29, 1.82) is 0 Å². The zero-order chi connectivity index (χ0) is 26.7. The zero-order valence-corrected chi connectivity index (χ0v) is 26.2. The third-order valence-corrected chi connectivity index (χ3v) is 9.15. The minimum Gasteiger partial charge on any atom is -0.512 e. The number of pyridine rings is 1. The van der Waals surface area contributed by atoms with Crippen LogP contribution in [0.3, 0.4) is 0 Å². The predicted molar refractivity (Wildman–Crippen MR) is 155 cm³/mol. The number of fused-ring (bicyclic) bond motifs is 4. The summed E-state index contributed by atoms with van der Waals surface area (Å²) in [5, 5.41) is 14.6. The molecule has 6 heteroatoms. The van der Waals surface area contributed by atoms with Crippen LogP contribution < -0.4 is 5.19 Å². The molecule has 2 heterocycles. The van der Waals surface area contributed by atoms with Gasteiger partial charge in [-0.05, 0) is 41.8 Å². The number of furan rings is 1. The first kappa shape index (κ1) is 28.0. The first-order valence-corrected chi connectivity index (χ1v) is 16.1. The maximum Gasteiger partial charge on any atom is 0.155 e. The summed E-state index contributed by atoms with van der Waals surface area (Å²) < 4.78 is 6.54. The van der Waals surface area contributed by atoms with E-state index in [0.717, 1.165) is 27.8 Å². The van der Waals surface area contributed by atoms with Gasteiger partial charge in [-0.15, -0.1) is 23.3 Å². The molecule has 0 saturated heterocycles. The van der Waals surface area contributed by atoms with Gasteiger partial charge in [-0.3, -0.25) is 4.79 Å². The molecule has 0 fully saturated rings. The number of aliphatic hydroxyl groups excluding tert-OH is 1. The van der Waals surface area contributed by atoms with Gasteiger partial charge < -0.3 is 14.5 Å². The van der Waals surface area contributed by atoms with Crippen LogP contribution in [0.5, 0.6) is 0 Å². The molecule has 1 aliphatic rings. The van der Waals surface area contributed by atoms with Gasteiger partial charge in [0.15, 0.2) is 5.78 Å². The predicted octanol–water partition coefficient (Wildman–Crippen LogP) is 7.82. The van der Waals surface area contributed by atoms with Gasteiger partial charge in [-0.2, -0.15) is 0 Å². The number of hydrogen-bond acceptors (Lipinski definition) is 4. The summed E-state index contributed by atoms with van der Waals surface area (Å²) in [6.07, 6.45) is 3.04. The van der Waals surface area contributed by atoms with Gasteiger partial charge in [0.2, 0.25) is 0 Å². The number of allylic oxidation sites excluding steroid dienone is 2. The fourth-order valence-corrected chi connectivity index (χ4v) is 7.03. The quantitative estimate of drug-likeness (QED) is 0.0885. The van der Waals surface area contributed by atoms with Crippen molar-refractivity contribution in [3.05, 3.63) is 83.8 Å². The summed E-state index contributed by atoms with van der Waals surface area (Å²) in [4.78, 5) is 14.9. The molecule has 3 aromatic carbocycles. The second kappa shape index (κ2) is 9.92. The molecule has 38 heavy (non-hydrogen) atoms. The molecule has 197 valence electrons. The molecule has 6 rings (SSSR count). The van der Waals surface area contributed by atoms with Gasteiger partial charge in [-0.25, -0.2) is 0 Å². The van der Waals surface area contributed by atoms with Crippen molar-refractivity contribution in [2.75, 3.05) is 0 Å². The van der Waals surface area contributed by atoms with Crippen LogP contribution in [0.1, 0.15) is 38.8 Å². The van der Waals surface area contributed by atoms with E-state index in [1.165, 1.54) is 52.4 Å². The fraction of sp³-hybridized carbons (Fsp3) is 0.250. The Morgan fingerprint density at radius 3 is 2.39 bits per heavy atom. The molecule has 1 N–H and O–H groups in total. The molecule has 0 unspecified atom stereocenters. The Morgan fingerprint density at radius 1 is 1.05 bits per heavy atom. The van der Waals surface area contributed by atoms with Crippen LogP contribution in [0, 0.1) is 6.07 Å². The van der Waals surface area contributed by atoms with E-state index in [2.05, 4.69) is 82.0 Å². The van der Waals surface area contributed by atoms with Crippen LogP contribution in [0.4, 0.5) is 0 Å². The molecule has 0 atom stereocenters. The number of aromatic nitrogens is 1. The zero-order valence-electron chi connectivity index (χ0n) is 22.8. The molecule has 0 spiro atoms. The summed E-state index contributed by atoms with van der Waals surface area (Å²) in [5.74, 6) is -0.0625. The van der Waals surface area contributed by atoms with E-state index in [4.69, 9.17) is 14.5 Å². The van der Waals surface area contributed by atoms with Gasteiger partial charge in [0, 0.05) is 43.2 Å². The first-order chi connectivity index (χ1) is 17.4. The number of carbonyl (C=O) groups excluding carboxylic acids is 1. The molecule has 0 saturated carbocycles. The van der Waals surface area contributed by atoms with E-state index in [1.54, 1.807) is 0 Å². The Morgan fingerprint density at radius 2 is 1.76 bits per heavy atom. The Kier molecular flexibility index (Phi) is 7.30. The van der Waals surface area contributed by atoms with E-state index in [1.807, 2.05) is 12.3 Å². The standard InChI is InChI=1S/C27H24NOSi.C5H8O2.Ir/c1-27(2)19-12-13-21(30(3,4)5)26-22(19)23-20(29-26)14-15-28-25(23)18-11-10-16-8-6-7-9-17(16)24(18)27;1-4(6)3-5(2)7;/h6-10,12-15H,1-5H3;3,6H,1-2H3;/q-1;;/b;4-3-;. The maximum atomic E-state index is 10.0. The summed E-state index contributed by atoms with van der Waals surface area (Å²) >= 11 is 0. The van der Waals surface area contributed by atoms with Crippen molar-refractivity contribution in [3.63, 3.8) is 0 Å². The van der Waals surface area contributed by atoms with E-state index in [0.29, 0.717) is 0 Å². The van der Waals surface area contributed by atoms with Gasteiger partial charge in [0.05, 0.1) is 13.8 Å². The van der Waals surface area contributed by atoms with Gasteiger partial charge in [0.25, 0.3) is 0 Å². The van der Waals surface area contributed by atoms with E-state index in [-0.39, 0.29) is 37.1 Å². The average Bonchev–Trinajstić information content (AvgIpc) is 3.17. The average molecular weight is 699 g/mol. The Labute approximate surface area is 238 Å². The summed E-state index contributed by atoms with van der Waals surface area (Å²) in [7, 11) is -1.59. The van der Waals surface area contributed by atoms with Crippen LogP contribution in [0.25, 0.3) is 44.0 Å². The number of aliphatic hydroxyl groups is 1. The molecule has 2 aromatic heterocycles. The van der Waals surface area contributed by atoms with E-state index < -0.39 is 8.07 Å². The van der Waals surface area contributed by atoms with Crippen molar-refractivity contribution in [3.8, 4) is 11.3 Å². The molecule has 1 radical (unpaired) electrons. The molecule has 0 aliphatic heterocycles. The molecule has 0 bridgehead atoms. The van der Waals surface area contributed by atoms with Crippen molar-refractivity contribution in [2.45, 2.75) is 52.8 Å². The summed E-state index contributed by atoms with van der Waals surface area (Å²) in [6, 6.07) is 21.0. The summed E-state index contributed by atoms with van der Waals surface area (Å²) in [6.45, 7) is 14.7. The maximum absolute atomic E-state index is 10.0. The molecule has 0 amide bonds. The Hall–Kier alpha value is -3.05. The second-order valence-corrected chi connectivity index (χ2v) is 16.4. The Bertz CT molecular complexity index is 1740. The smallest absolute Gasteiger partial charge is 0.155 e.